The number of halogens is 1. The van der Waals surface area contributed by atoms with Crippen molar-refractivity contribution in [1.29, 1.82) is 0 Å². The van der Waals surface area contributed by atoms with Crippen molar-refractivity contribution in [2.75, 3.05) is 6.61 Å². The van der Waals surface area contributed by atoms with E-state index in [1.807, 2.05) is 0 Å². The highest BCUT2D eigenvalue weighted by Crippen LogP contribution is 2.22. The second-order valence-corrected chi connectivity index (χ2v) is 4.60. The molecular weight excluding hydrogens is 323 g/mol. The van der Waals surface area contributed by atoms with Crippen LogP contribution in [-0.2, 0) is 0 Å². The van der Waals surface area contributed by atoms with E-state index in [4.69, 9.17) is 14.9 Å². The summed E-state index contributed by atoms with van der Waals surface area (Å²) >= 11 is 2.08. The Hall–Kier alpha value is -0.820. The zero-order chi connectivity index (χ0) is 12.1. The van der Waals surface area contributed by atoms with E-state index in [2.05, 4.69) is 22.6 Å². The lowest BCUT2D eigenvalue weighted by Crippen LogP contribution is -2.08. The molecule has 0 saturated heterocycles. The van der Waals surface area contributed by atoms with Crippen molar-refractivity contribution < 1.29 is 19.7 Å². The smallest absolute Gasteiger partial charge is 0.335 e. The van der Waals surface area contributed by atoms with Gasteiger partial charge in [-0.15, -0.1) is 0 Å². The minimum atomic E-state index is -0.975. The van der Waals surface area contributed by atoms with Crippen molar-refractivity contribution in [3.63, 3.8) is 0 Å². The monoisotopic (exact) mass is 336 g/mol. The molecule has 16 heavy (non-hydrogen) atoms. The number of benzene rings is 1. The summed E-state index contributed by atoms with van der Waals surface area (Å²) in [5.41, 5.74) is 0.201. The summed E-state index contributed by atoms with van der Waals surface area (Å²) in [5, 5.41) is 17.9. The quantitative estimate of drug-likeness (QED) is 0.809. The van der Waals surface area contributed by atoms with Gasteiger partial charge in [-0.2, -0.15) is 0 Å². The van der Waals surface area contributed by atoms with Crippen molar-refractivity contribution in [2.24, 2.45) is 0 Å². The number of carboxylic acids is 1. The molecule has 0 aromatic heterocycles. The SMILES string of the molecule is CC(O)CCOc1cc(C(=O)O)ccc1I. The molecule has 4 nitrogen and oxygen atoms in total. The Kier molecular flexibility index (Phi) is 5.01. The Balaban J connectivity index is 2.70. The molecule has 0 fully saturated rings. The molecule has 0 amide bonds. The average Bonchev–Trinajstić information content (AvgIpc) is 2.20. The maximum atomic E-state index is 10.7. The molecule has 0 aliphatic carbocycles. The fourth-order valence-corrected chi connectivity index (χ4v) is 1.58. The molecule has 2 N–H and O–H groups in total. The third-order valence-electron chi connectivity index (χ3n) is 1.97. The van der Waals surface area contributed by atoms with E-state index < -0.39 is 12.1 Å². The van der Waals surface area contributed by atoms with E-state index in [1.165, 1.54) is 12.1 Å². The van der Waals surface area contributed by atoms with Crippen molar-refractivity contribution in [2.45, 2.75) is 19.4 Å². The minimum Gasteiger partial charge on any atom is -0.492 e. The molecule has 0 aliphatic heterocycles. The van der Waals surface area contributed by atoms with Crippen LogP contribution in [0.5, 0.6) is 5.75 Å². The zero-order valence-electron chi connectivity index (χ0n) is 8.81. The number of hydrogen-bond acceptors (Lipinski definition) is 3. The predicted molar refractivity (Wildman–Crippen MR) is 67.9 cm³/mol. The van der Waals surface area contributed by atoms with Crippen LogP contribution in [0.1, 0.15) is 23.7 Å². The molecule has 0 radical (unpaired) electrons. The number of aliphatic hydroxyl groups excluding tert-OH is 1. The Bertz CT molecular complexity index is 376. The van der Waals surface area contributed by atoms with Crippen molar-refractivity contribution in [1.82, 2.24) is 0 Å². The van der Waals surface area contributed by atoms with Gasteiger partial charge in [0.2, 0.25) is 0 Å². The van der Waals surface area contributed by atoms with E-state index in [0.717, 1.165) is 3.57 Å². The Morgan fingerprint density at radius 2 is 2.25 bits per heavy atom. The van der Waals surface area contributed by atoms with Crippen LogP contribution in [0.2, 0.25) is 0 Å². The van der Waals surface area contributed by atoms with E-state index in [-0.39, 0.29) is 5.56 Å². The van der Waals surface area contributed by atoms with Crippen LogP contribution >= 0.6 is 22.6 Å². The van der Waals surface area contributed by atoms with Crippen LogP contribution in [-0.4, -0.2) is 28.9 Å². The summed E-state index contributed by atoms with van der Waals surface area (Å²) in [6, 6.07) is 4.72. The van der Waals surface area contributed by atoms with Gasteiger partial charge in [-0.3, -0.25) is 0 Å². The molecule has 1 aromatic rings. The number of carboxylic acid groups (broad SMARTS) is 1. The maximum Gasteiger partial charge on any atom is 0.335 e. The zero-order valence-corrected chi connectivity index (χ0v) is 11.0. The first-order valence-electron chi connectivity index (χ1n) is 4.84. The summed E-state index contributed by atoms with van der Waals surface area (Å²) in [7, 11) is 0. The molecule has 1 atom stereocenters. The third-order valence-corrected chi connectivity index (χ3v) is 2.86. The maximum absolute atomic E-state index is 10.7. The first kappa shape index (κ1) is 13.2. The molecule has 0 heterocycles. The van der Waals surface area contributed by atoms with Crippen LogP contribution in [0.15, 0.2) is 18.2 Å². The fraction of sp³-hybridized carbons (Fsp3) is 0.364. The molecule has 0 bridgehead atoms. The van der Waals surface area contributed by atoms with Gasteiger partial charge in [0.05, 0.1) is 21.8 Å². The van der Waals surface area contributed by atoms with Gasteiger partial charge in [0.25, 0.3) is 0 Å². The lowest BCUT2D eigenvalue weighted by molar-refractivity contribution is 0.0696. The Morgan fingerprint density at radius 1 is 1.56 bits per heavy atom. The number of ether oxygens (including phenoxy) is 1. The fourth-order valence-electron chi connectivity index (χ4n) is 1.09. The van der Waals surface area contributed by atoms with Gasteiger partial charge in [-0.1, -0.05) is 0 Å². The summed E-state index contributed by atoms with van der Waals surface area (Å²) in [6.07, 6.45) is 0.105. The molecule has 88 valence electrons. The van der Waals surface area contributed by atoms with Gasteiger partial charge >= 0.3 is 5.97 Å². The van der Waals surface area contributed by atoms with Crippen molar-refractivity contribution >= 4 is 28.6 Å². The summed E-state index contributed by atoms with van der Waals surface area (Å²) in [4.78, 5) is 10.7. The largest absolute Gasteiger partial charge is 0.492 e. The van der Waals surface area contributed by atoms with Crippen LogP contribution in [0.4, 0.5) is 0 Å². The number of carbonyl (C=O) groups is 1. The summed E-state index contributed by atoms with van der Waals surface area (Å²) in [6.45, 7) is 2.05. The van der Waals surface area contributed by atoms with Crippen LogP contribution in [0, 0.1) is 3.57 Å². The average molecular weight is 336 g/mol. The minimum absolute atomic E-state index is 0.201. The van der Waals surface area contributed by atoms with E-state index in [9.17, 15) is 4.79 Å². The molecule has 5 heteroatoms. The number of aliphatic hydroxyl groups is 1. The predicted octanol–water partition coefficient (Wildman–Crippen LogP) is 2.14. The van der Waals surface area contributed by atoms with E-state index in [0.29, 0.717) is 18.8 Å². The summed E-state index contributed by atoms with van der Waals surface area (Å²) < 4.78 is 6.26. The van der Waals surface area contributed by atoms with Gasteiger partial charge in [-0.25, -0.2) is 4.79 Å². The van der Waals surface area contributed by atoms with E-state index in [1.54, 1.807) is 13.0 Å². The normalized spacial score (nSPS) is 12.2. The van der Waals surface area contributed by atoms with Gasteiger partial charge in [0.15, 0.2) is 0 Å². The molecular formula is C11H13IO4. The second kappa shape index (κ2) is 6.05. The topological polar surface area (TPSA) is 66.8 Å². The second-order valence-electron chi connectivity index (χ2n) is 3.44. The Morgan fingerprint density at radius 3 is 2.81 bits per heavy atom. The van der Waals surface area contributed by atoms with Gasteiger partial charge in [-0.05, 0) is 47.7 Å². The van der Waals surface area contributed by atoms with Crippen molar-refractivity contribution in [3.05, 3.63) is 27.3 Å². The Labute approximate surface area is 107 Å². The lowest BCUT2D eigenvalue weighted by atomic mass is 10.2. The first-order valence-corrected chi connectivity index (χ1v) is 5.92. The van der Waals surface area contributed by atoms with Gasteiger partial charge in [0, 0.05) is 6.42 Å². The third kappa shape index (κ3) is 3.97. The lowest BCUT2D eigenvalue weighted by Gasteiger charge is -2.10. The van der Waals surface area contributed by atoms with Crippen LogP contribution in [0.25, 0.3) is 0 Å². The molecule has 0 spiro atoms. The molecule has 1 unspecified atom stereocenters. The molecule has 0 saturated carbocycles. The van der Waals surface area contributed by atoms with Crippen molar-refractivity contribution in [3.8, 4) is 5.75 Å². The number of aromatic carboxylic acids is 1. The highest BCUT2D eigenvalue weighted by Gasteiger charge is 2.08. The van der Waals surface area contributed by atoms with Crippen LogP contribution in [0.3, 0.4) is 0 Å². The van der Waals surface area contributed by atoms with E-state index >= 15 is 0 Å². The molecule has 1 aromatic carbocycles. The molecule has 1 rings (SSSR count). The standard InChI is InChI=1S/C11H13IO4/c1-7(13)4-5-16-10-6-8(11(14)15)2-3-9(10)12/h2-3,6-7,13H,4-5H2,1H3,(H,14,15). The van der Waals surface area contributed by atoms with Crippen LogP contribution < -0.4 is 4.74 Å². The van der Waals surface area contributed by atoms with Gasteiger partial charge in [0.1, 0.15) is 5.75 Å². The number of rotatable bonds is 5. The summed E-state index contributed by atoms with van der Waals surface area (Å²) in [5.74, 6) is -0.432. The highest BCUT2D eigenvalue weighted by molar-refractivity contribution is 14.1. The number of hydrogen-bond donors (Lipinski definition) is 2. The van der Waals surface area contributed by atoms with Gasteiger partial charge < -0.3 is 14.9 Å². The molecule has 0 aliphatic rings. The highest BCUT2D eigenvalue weighted by atomic mass is 127. The first-order chi connectivity index (χ1) is 7.50.